The third-order valence-corrected chi connectivity index (χ3v) is 6.56. The summed E-state index contributed by atoms with van der Waals surface area (Å²) in [4.78, 5) is 16.8. The molecule has 0 fully saturated rings. The zero-order valence-corrected chi connectivity index (χ0v) is 17.4. The lowest BCUT2D eigenvalue weighted by Gasteiger charge is -2.36. The average Bonchev–Trinajstić information content (AvgIpc) is 3.43. The highest BCUT2D eigenvalue weighted by molar-refractivity contribution is 7.10. The molecule has 1 amide bonds. The van der Waals surface area contributed by atoms with Gasteiger partial charge >= 0.3 is 0 Å². The maximum absolute atomic E-state index is 13.3. The van der Waals surface area contributed by atoms with Crippen LogP contribution in [-0.4, -0.2) is 37.6 Å². The lowest BCUT2D eigenvalue weighted by Crippen LogP contribution is -2.40. The minimum atomic E-state index is -0.0168. The van der Waals surface area contributed by atoms with E-state index in [1.807, 2.05) is 54.3 Å². The number of carbonyl (C=O) groups excluding carboxylic acids is 1. The van der Waals surface area contributed by atoms with Gasteiger partial charge in [-0.15, -0.1) is 16.4 Å². The number of hydrogen-bond acceptors (Lipinski definition) is 5. The van der Waals surface area contributed by atoms with Gasteiger partial charge in [0, 0.05) is 11.4 Å². The zero-order valence-electron chi connectivity index (χ0n) is 16.6. The summed E-state index contributed by atoms with van der Waals surface area (Å²) >= 11 is 1.79. The first-order chi connectivity index (χ1) is 14.7. The number of benzene rings is 2. The number of thiophene rings is 1. The third-order valence-electron chi connectivity index (χ3n) is 5.56. The van der Waals surface area contributed by atoms with Gasteiger partial charge in [-0.2, -0.15) is 4.68 Å². The molecule has 4 aromatic rings. The van der Waals surface area contributed by atoms with Gasteiger partial charge in [0.1, 0.15) is 0 Å². The summed E-state index contributed by atoms with van der Waals surface area (Å²) in [6.07, 6.45) is 1.29. The van der Waals surface area contributed by atoms with Gasteiger partial charge in [-0.05, 0) is 64.0 Å². The highest BCUT2D eigenvalue weighted by Gasteiger charge is 2.32. The second kappa shape index (κ2) is 7.84. The van der Waals surface area contributed by atoms with Gasteiger partial charge in [-0.1, -0.05) is 42.5 Å². The van der Waals surface area contributed by atoms with Gasteiger partial charge < -0.3 is 4.90 Å². The Hall–Kier alpha value is -3.32. The van der Waals surface area contributed by atoms with Crippen LogP contribution in [0.2, 0.25) is 0 Å². The van der Waals surface area contributed by atoms with Crippen LogP contribution in [0.4, 0.5) is 0 Å². The lowest BCUT2D eigenvalue weighted by atomic mass is 9.92. The van der Waals surface area contributed by atoms with Crippen LogP contribution in [-0.2, 0) is 17.6 Å². The Kier molecular flexibility index (Phi) is 4.88. The molecule has 6 nitrogen and oxygen atoms in total. The predicted molar refractivity (Wildman–Crippen MR) is 116 cm³/mol. The van der Waals surface area contributed by atoms with E-state index in [9.17, 15) is 4.79 Å². The molecule has 5 rings (SSSR count). The number of tetrazole rings is 1. The number of rotatable bonds is 4. The maximum Gasteiger partial charge on any atom is 0.227 e. The number of carbonyl (C=O) groups is 1. The number of nitrogens with zero attached hydrogens (tertiary/aromatic N) is 5. The van der Waals surface area contributed by atoms with Crippen molar-refractivity contribution in [2.75, 3.05) is 6.54 Å². The average molecular weight is 416 g/mol. The smallest absolute Gasteiger partial charge is 0.227 e. The monoisotopic (exact) mass is 415 g/mol. The van der Waals surface area contributed by atoms with Crippen molar-refractivity contribution < 1.29 is 4.79 Å². The fraction of sp³-hybridized carbons (Fsp3) is 0.217. The van der Waals surface area contributed by atoms with Gasteiger partial charge in [-0.3, -0.25) is 4.79 Å². The number of amides is 1. The minimum absolute atomic E-state index is 0.0168. The molecule has 2 aromatic carbocycles. The zero-order chi connectivity index (χ0) is 20.5. The molecule has 0 N–H and O–H groups in total. The molecule has 3 heterocycles. The van der Waals surface area contributed by atoms with Gasteiger partial charge in [-0.25, -0.2) is 0 Å². The predicted octanol–water partition coefficient (Wildman–Crippen LogP) is 3.75. The first-order valence-corrected chi connectivity index (χ1v) is 10.8. The number of aryl methyl sites for hydroxylation is 1. The van der Waals surface area contributed by atoms with Gasteiger partial charge in [0.05, 0.1) is 18.2 Å². The van der Waals surface area contributed by atoms with Crippen LogP contribution < -0.4 is 0 Å². The van der Waals surface area contributed by atoms with E-state index in [1.54, 1.807) is 16.0 Å². The van der Waals surface area contributed by atoms with Gasteiger partial charge in [0.25, 0.3) is 0 Å². The second-order valence-corrected chi connectivity index (χ2v) is 8.43. The van der Waals surface area contributed by atoms with Crippen molar-refractivity contribution in [2.24, 2.45) is 0 Å². The standard InChI is InChI=1S/C23H21N5OS/c1-16-24-25-26-28(16)19-9-7-17(8-10-19)15-22(29)27-13-11-21-20(12-14-30-21)23(27)18-5-3-2-4-6-18/h2-10,12,14,23H,11,13,15H2,1H3/t23-/m1/s1. The van der Waals surface area contributed by atoms with E-state index in [0.717, 1.165) is 35.6 Å². The molecule has 1 aliphatic heterocycles. The molecule has 150 valence electrons. The molecular formula is C23H21N5OS. The number of fused-ring (bicyclic) bond motifs is 1. The van der Waals surface area contributed by atoms with Crippen LogP contribution in [0.5, 0.6) is 0 Å². The van der Waals surface area contributed by atoms with Crippen molar-refractivity contribution in [3.05, 3.63) is 93.4 Å². The highest BCUT2D eigenvalue weighted by Crippen LogP contribution is 2.38. The summed E-state index contributed by atoms with van der Waals surface area (Å²) in [5.74, 6) is 0.872. The Bertz CT molecular complexity index is 1170. The van der Waals surface area contributed by atoms with E-state index in [1.165, 1.54) is 10.4 Å². The molecule has 0 spiro atoms. The van der Waals surface area contributed by atoms with Crippen LogP contribution in [0.25, 0.3) is 5.69 Å². The Balaban J connectivity index is 1.39. The molecule has 30 heavy (non-hydrogen) atoms. The van der Waals surface area contributed by atoms with Crippen LogP contribution >= 0.6 is 11.3 Å². The maximum atomic E-state index is 13.3. The first kappa shape index (κ1) is 18.7. The summed E-state index contributed by atoms with van der Waals surface area (Å²) in [6, 6.07) is 20.3. The van der Waals surface area contributed by atoms with Crippen LogP contribution in [0.15, 0.2) is 66.0 Å². The SMILES string of the molecule is Cc1nnnn1-c1ccc(CC(=O)N2CCc3sccc3[C@H]2c2ccccc2)cc1. The first-order valence-electron chi connectivity index (χ1n) is 9.95. The second-order valence-electron chi connectivity index (χ2n) is 7.43. The van der Waals surface area contributed by atoms with Gasteiger partial charge in [0.2, 0.25) is 5.91 Å². The Morgan fingerprint density at radius 3 is 2.63 bits per heavy atom. The van der Waals surface area contributed by atoms with Crippen molar-refractivity contribution in [3.8, 4) is 5.69 Å². The molecule has 1 atom stereocenters. The molecule has 0 bridgehead atoms. The lowest BCUT2D eigenvalue weighted by molar-refractivity contribution is -0.132. The van der Waals surface area contributed by atoms with Crippen molar-refractivity contribution in [3.63, 3.8) is 0 Å². The van der Waals surface area contributed by atoms with Crippen molar-refractivity contribution in [1.29, 1.82) is 0 Å². The molecule has 0 saturated carbocycles. The normalized spacial score (nSPS) is 15.8. The number of aromatic nitrogens is 4. The van der Waals surface area contributed by atoms with E-state index in [-0.39, 0.29) is 11.9 Å². The molecular weight excluding hydrogens is 394 g/mol. The fourth-order valence-corrected chi connectivity index (χ4v) is 4.99. The van der Waals surface area contributed by atoms with Crippen LogP contribution in [0, 0.1) is 6.92 Å². The Labute approximate surface area is 178 Å². The van der Waals surface area contributed by atoms with E-state index < -0.39 is 0 Å². The van der Waals surface area contributed by atoms with Crippen LogP contribution in [0.1, 0.15) is 33.4 Å². The molecule has 0 aliphatic carbocycles. The molecule has 2 aromatic heterocycles. The highest BCUT2D eigenvalue weighted by atomic mass is 32.1. The number of hydrogen-bond donors (Lipinski definition) is 0. The van der Waals surface area contributed by atoms with E-state index in [4.69, 9.17) is 0 Å². The van der Waals surface area contributed by atoms with Crippen LogP contribution in [0.3, 0.4) is 0 Å². The van der Waals surface area contributed by atoms with Gasteiger partial charge in [0.15, 0.2) is 5.82 Å². The molecule has 7 heteroatoms. The van der Waals surface area contributed by atoms with E-state index in [2.05, 4.69) is 39.1 Å². The Morgan fingerprint density at radius 2 is 1.90 bits per heavy atom. The summed E-state index contributed by atoms with van der Waals surface area (Å²) in [5, 5.41) is 13.7. The summed E-state index contributed by atoms with van der Waals surface area (Å²) in [5.41, 5.74) is 4.29. The molecule has 0 radical (unpaired) electrons. The van der Waals surface area contributed by atoms with Crippen molar-refractivity contribution in [2.45, 2.75) is 25.8 Å². The van der Waals surface area contributed by atoms with E-state index >= 15 is 0 Å². The largest absolute Gasteiger partial charge is 0.331 e. The quantitative estimate of drug-likeness (QED) is 0.509. The molecule has 1 aliphatic rings. The molecule has 0 saturated heterocycles. The fourth-order valence-electron chi connectivity index (χ4n) is 4.08. The summed E-state index contributed by atoms with van der Waals surface area (Å²) < 4.78 is 1.68. The summed E-state index contributed by atoms with van der Waals surface area (Å²) in [6.45, 7) is 2.60. The van der Waals surface area contributed by atoms with E-state index in [0.29, 0.717) is 6.42 Å². The minimum Gasteiger partial charge on any atom is -0.331 e. The van der Waals surface area contributed by atoms with Crippen molar-refractivity contribution >= 4 is 17.2 Å². The third kappa shape index (κ3) is 3.41. The Morgan fingerprint density at radius 1 is 1.10 bits per heavy atom. The topological polar surface area (TPSA) is 63.9 Å². The molecule has 0 unspecified atom stereocenters. The van der Waals surface area contributed by atoms with Crippen molar-refractivity contribution in [1.82, 2.24) is 25.1 Å². The summed E-state index contributed by atoms with van der Waals surface area (Å²) in [7, 11) is 0.